The Morgan fingerprint density at radius 1 is 1.27 bits per heavy atom. The van der Waals surface area contributed by atoms with Crippen LogP contribution in [-0.4, -0.2) is 28.4 Å². The van der Waals surface area contributed by atoms with Gasteiger partial charge in [0.15, 0.2) is 0 Å². The number of carbonyl (C=O) groups is 1. The fraction of sp³-hybridized carbons (Fsp3) is 0.300. The summed E-state index contributed by atoms with van der Waals surface area (Å²) in [5.74, 6) is 0.0184. The number of para-hydroxylation sites is 2. The first-order chi connectivity index (χ1) is 12.6. The van der Waals surface area contributed by atoms with Gasteiger partial charge in [-0.05, 0) is 66.5 Å². The van der Waals surface area contributed by atoms with Crippen molar-refractivity contribution < 1.29 is 4.79 Å². The van der Waals surface area contributed by atoms with Gasteiger partial charge in [0, 0.05) is 4.47 Å². The van der Waals surface area contributed by atoms with Crippen molar-refractivity contribution in [3.8, 4) is 0 Å². The van der Waals surface area contributed by atoms with Crippen LogP contribution in [0.5, 0.6) is 0 Å². The quantitative estimate of drug-likeness (QED) is 0.617. The van der Waals surface area contributed by atoms with Crippen LogP contribution in [0.15, 0.2) is 53.0 Å². The number of fused-ring (bicyclic) bond motifs is 1. The zero-order valence-corrected chi connectivity index (χ0v) is 16.9. The van der Waals surface area contributed by atoms with Crippen LogP contribution in [-0.2, 0) is 4.79 Å². The fourth-order valence-corrected chi connectivity index (χ4v) is 5.01. The molecular weight excluding hydrogens is 410 g/mol. The van der Waals surface area contributed by atoms with E-state index in [0.29, 0.717) is 0 Å². The van der Waals surface area contributed by atoms with Crippen molar-refractivity contribution in [1.29, 1.82) is 0 Å². The lowest BCUT2D eigenvalue weighted by atomic mass is 10.2. The van der Waals surface area contributed by atoms with Crippen LogP contribution < -0.4 is 5.32 Å². The first kappa shape index (κ1) is 17.6. The summed E-state index contributed by atoms with van der Waals surface area (Å²) in [6.45, 7) is 2.91. The highest BCUT2D eigenvalue weighted by molar-refractivity contribution is 9.10. The number of nitrogens with zero attached hydrogens (tertiary/aromatic N) is 2. The van der Waals surface area contributed by atoms with E-state index in [-0.39, 0.29) is 18.0 Å². The molecule has 0 spiro atoms. The minimum Gasteiger partial charge on any atom is -0.324 e. The van der Waals surface area contributed by atoms with E-state index < -0.39 is 0 Å². The summed E-state index contributed by atoms with van der Waals surface area (Å²) in [6, 6.07) is 15.9. The van der Waals surface area contributed by atoms with E-state index >= 15 is 0 Å². The topological polar surface area (TPSA) is 45.2 Å². The minimum absolute atomic E-state index is 0.0184. The number of amides is 1. The van der Waals surface area contributed by atoms with Gasteiger partial charge in [0.05, 0.1) is 28.0 Å². The number of halogens is 1. The number of nitrogens with one attached hydrogen (secondary N) is 1. The van der Waals surface area contributed by atoms with E-state index in [9.17, 15) is 4.79 Å². The molecule has 2 heterocycles. The highest BCUT2D eigenvalue weighted by atomic mass is 79.9. The molecule has 3 aromatic rings. The number of thiazole rings is 1. The third-order valence-electron chi connectivity index (χ3n) is 4.90. The van der Waals surface area contributed by atoms with E-state index in [1.807, 2.05) is 43.3 Å². The van der Waals surface area contributed by atoms with Gasteiger partial charge in [-0.1, -0.05) is 24.3 Å². The van der Waals surface area contributed by atoms with Gasteiger partial charge in [0.25, 0.3) is 0 Å². The zero-order chi connectivity index (χ0) is 18.1. The summed E-state index contributed by atoms with van der Waals surface area (Å²) in [7, 11) is 0. The van der Waals surface area contributed by atoms with Crippen molar-refractivity contribution >= 4 is 49.1 Å². The standard InChI is InChI=1S/C20H20BrN3OS/c1-13(19(25)22-15-8-3-2-7-14(15)21)24-12-6-10-17(24)20-23-16-9-4-5-11-18(16)26-20/h2-5,7-9,11,13,17H,6,10,12H2,1H3,(H,22,25). The van der Waals surface area contributed by atoms with Gasteiger partial charge < -0.3 is 5.32 Å². The first-order valence-electron chi connectivity index (χ1n) is 8.80. The van der Waals surface area contributed by atoms with Crippen LogP contribution in [0.4, 0.5) is 5.69 Å². The molecule has 0 bridgehead atoms. The second-order valence-electron chi connectivity index (χ2n) is 6.56. The molecule has 1 N–H and O–H groups in total. The molecule has 26 heavy (non-hydrogen) atoms. The number of benzene rings is 2. The molecule has 1 fully saturated rings. The second kappa shape index (κ2) is 7.47. The highest BCUT2D eigenvalue weighted by Crippen LogP contribution is 2.37. The van der Waals surface area contributed by atoms with E-state index in [1.165, 1.54) is 4.70 Å². The molecule has 0 aliphatic carbocycles. The van der Waals surface area contributed by atoms with Crippen molar-refractivity contribution in [3.05, 3.63) is 58.0 Å². The Morgan fingerprint density at radius 3 is 2.85 bits per heavy atom. The number of anilines is 1. The lowest BCUT2D eigenvalue weighted by Gasteiger charge is -2.28. The summed E-state index contributed by atoms with van der Waals surface area (Å²) in [5.41, 5.74) is 1.85. The Labute approximate surface area is 165 Å². The number of rotatable bonds is 4. The number of likely N-dealkylation sites (tertiary alicyclic amines) is 1. The van der Waals surface area contributed by atoms with Gasteiger partial charge in [-0.3, -0.25) is 9.69 Å². The Bertz CT molecular complexity index is 908. The summed E-state index contributed by atoms with van der Waals surface area (Å²) >= 11 is 5.23. The molecule has 1 aliphatic rings. The van der Waals surface area contributed by atoms with E-state index in [2.05, 4.69) is 38.3 Å². The Hall–Kier alpha value is -1.76. The highest BCUT2D eigenvalue weighted by Gasteiger charge is 2.34. The minimum atomic E-state index is -0.207. The molecule has 0 saturated carbocycles. The van der Waals surface area contributed by atoms with Crippen LogP contribution in [0.1, 0.15) is 30.8 Å². The average Bonchev–Trinajstić information content (AvgIpc) is 3.29. The first-order valence-corrected chi connectivity index (χ1v) is 10.4. The van der Waals surface area contributed by atoms with Crippen LogP contribution in [0, 0.1) is 0 Å². The van der Waals surface area contributed by atoms with Gasteiger partial charge in [-0.2, -0.15) is 0 Å². The predicted molar refractivity (Wildman–Crippen MR) is 111 cm³/mol. The van der Waals surface area contributed by atoms with Gasteiger partial charge in [0.2, 0.25) is 5.91 Å². The Balaban J connectivity index is 1.53. The normalized spacial score (nSPS) is 18.9. The third kappa shape index (κ3) is 3.41. The van der Waals surface area contributed by atoms with E-state index in [1.54, 1.807) is 11.3 Å². The zero-order valence-electron chi connectivity index (χ0n) is 14.5. The third-order valence-corrected chi connectivity index (χ3v) is 6.73. The fourth-order valence-electron chi connectivity index (χ4n) is 3.50. The van der Waals surface area contributed by atoms with Gasteiger partial charge in [0.1, 0.15) is 5.01 Å². The van der Waals surface area contributed by atoms with Crippen molar-refractivity contribution in [2.75, 3.05) is 11.9 Å². The number of carbonyl (C=O) groups excluding carboxylic acids is 1. The summed E-state index contributed by atoms with van der Waals surface area (Å²) in [5, 5.41) is 4.16. The van der Waals surface area contributed by atoms with Crippen LogP contribution in [0.2, 0.25) is 0 Å². The smallest absolute Gasteiger partial charge is 0.241 e. The maximum Gasteiger partial charge on any atom is 0.241 e. The maximum atomic E-state index is 12.8. The van der Waals surface area contributed by atoms with Crippen LogP contribution >= 0.6 is 27.3 Å². The lowest BCUT2D eigenvalue weighted by Crippen LogP contribution is -2.41. The SMILES string of the molecule is CC(C(=O)Nc1ccccc1Br)N1CCCC1c1nc2ccccc2s1. The van der Waals surface area contributed by atoms with Crippen LogP contribution in [0.3, 0.4) is 0 Å². The van der Waals surface area contributed by atoms with Gasteiger partial charge in [-0.25, -0.2) is 4.98 Å². The molecule has 2 unspecified atom stereocenters. The van der Waals surface area contributed by atoms with E-state index in [4.69, 9.17) is 4.98 Å². The van der Waals surface area contributed by atoms with E-state index in [0.717, 1.165) is 40.1 Å². The Morgan fingerprint density at radius 2 is 2.04 bits per heavy atom. The number of hydrogen-bond acceptors (Lipinski definition) is 4. The largest absolute Gasteiger partial charge is 0.324 e. The predicted octanol–water partition coefficient (Wildman–Crippen LogP) is 5.22. The molecular formula is C20H20BrN3OS. The molecule has 1 aliphatic heterocycles. The molecule has 0 radical (unpaired) electrons. The molecule has 1 aromatic heterocycles. The van der Waals surface area contributed by atoms with Crippen molar-refractivity contribution in [1.82, 2.24) is 9.88 Å². The molecule has 4 rings (SSSR count). The molecule has 134 valence electrons. The molecule has 6 heteroatoms. The summed E-state index contributed by atoms with van der Waals surface area (Å²) in [4.78, 5) is 19.9. The number of hydrogen-bond donors (Lipinski definition) is 1. The molecule has 2 aromatic carbocycles. The van der Waals surface area contributed by atoms with Crippen LogP contribution in [0.25, 0.3) is 10.2 Å². The maximum absolute atomic E-state index is 12.8. The summed E-state index contributed by atoms with van der Waals surface area (Å²) in [6.07, 6.45) is 2.14. The number of aromatic nitrogens is 1. The molecule has 2 atom stereocenters. The average molecular weight is 430 g/mol. The molecule has 4 nitrogen and oxygen atoms in total. The van der Waals surface area contributed by atoms with Crippen molar-refractivity contribution in [3.63, 3.8) is 0 Å². The monoisotopic (exact) mass is 429 g/mol. The summed E-state index contributed by atoms with van der Waals surface area (Å²) < 4.78 is 2.10. The Kier molecular flexibility index (Phi) is 5.07. The molecule has 1 saturated heterocycles. The lowest BCUT2D eigenvalue weighted by molar-refractivity contribution is -0.121. The molecule has 1 amide bonds. The van der Waals surface area contributed by atoms with Gasteiger partial charge >= 0.3 is 0 Å². The van der Waals surface area contributed by atoms with Crippen molar-refractivity contribution in [2.24, 2.45) is 0 Å². The van der Waals surface area contributed by atoms with Gasteiger partial charge in [-0.15, -0.1) is 11.3 Å². The second-order valence-corrected chi connectivity index (χ2v) is 8.48. The van der Waals surface area contributed by atoms with Crippen molar-refractivity contribution in [2.45, 2.75) is 31.8 Å².